The van der Waals surface area contributed by atoms with Gasteiger partial charge >= 0.3 is 0 Å². The minimum atomic E-state index is -0.476. The van der Waals surface area contributed by atoms with Crippen LogP contribution in [0, 0.1) is 0 Å². The molecule has 0 bridgehead atoms. The van der Waals surface area contributed by atoms with E-state index in [9.17, 15) is 9.90 Å². The Morgan fingerprint density at radius 3 is 2.38 bits per heavy atom. The minimum absolute atomic E-state index is 0.0219. The average molecular weight is 330 g/mol. The van der Waals surface area contributed by atoms with E-state index in [1.807, 2.05) is 6.07 Å². The van der Waals surface area contributed by atoms with Gasteiger partial charge in [0, 0.05) is 12.1 Å². The quantitative estimate of drug-likeness (QED) is 0.928. The topological polar surface area (TPSA) is 74.2 Å². The Morgan fingerprint density at radius 2 is 1.71 bits per heavy atom. The zero-order valence-corrected chi connectivity index (χ0v) is 13.7. The number of hydrogen-bond donors (Lipinski definition) is 1. The van der Waals surface area contributed by atoms with E-state index >= 15 is 0 Å². The summed E-state index contributed by atoms with van der Waals surface area (Å²) < 4.78 is 21.6. The maximum atomic E-state index is 12.5. The van der Waals surface area contributed by atoms with E-state index in [1.54, 1.807) is 26.4 Å². The van der Waals surface area contributed by atoms with Crippen molar-refractivity contribution in [2.75, 3.05) is 21.3 Å². The molecule has 6 heteroatoms. The largest absolute Gasteiger partial charge is 0.508 e. The monoisotopic (exact) mass is 330 g/mol. The number of fused-ring (bicyclic) bond motifs is 1. The van der Waals surface area contributed by atoms with E-state index in [0.717, 1.165) is 5.56 Å². The summed E-state index contributed by atoms with van der Waals surface area (Å²) >= 11 is 0. The number of hydrogen-bond acceptors (Lipinski definition) is 6. The van der Waals surface area contributed by atoms with Gasteiger partial charge in [-0.15, -0.1) is 0 Å². The van der Waals surface area contributed by atoms with Gasteiger partial charge in [0.25, 0.3) is 0 Å². The molecule has 1 atom stereocenters. The molecule has 1 unspecified atom stereocenters. The zero-order valence-electron chi connectivity index (χ0n) is 13.7. The summed E-state index contributed by atoms with van der Waals surface area (Å²) in [5, 5.41) is 9.79. The first kappa shape index (κ1) is 16.0. The fourth-order valence-electron chi connectivity index (χ4n) is 2.81. The fraction of sp³-hybridized carbons (Fsp3) is 0.278. The molecule has 3 rings (SSSR count). The lowest BCUT2D eigenvalue weighted by atomic mass is 9.95. The molecule has 0 radical (unpaired) electrons. The lowest BCUT2D eigenvalue weighted by Crippen LogP contribution is -2.21. The van der Waals surface area contributed by atoms with E-state index in [0.29, 0.717) is 28.6 Å². The van der Waals surface area contributed by atoms with Crippen molar-refractivity contribution in [2.24, 2.45) is 0 Å². The number of rotatable bonds is 4. The first-order chi connectivity index (χ1) is 11.6. The SMILES string of the molecule is COc1ccc(C2CC(=O)c3c(OC)cc(O)cc3O2)cc1OC. The van der Waals surface area contributed by atoms with Crippen LogP contribution in [0.2, 0.25) is 0 Å². The van der Waals surface area contributed by atoms with Crippen LogP contribution < -0.4 is 18.9 Å². The summed E-state index contributed by atoms with van der Waals surface area (Å²) in [7, 11) is 4.55. The number of phenolic OH excluding ortho intramolecular Hbond substituents is 1. The highest BCUT2D eigenvalue weighted by Crippen LogP contribution is 2.43. The van der Waals surface area contributed by atoms with E-state index in [-0.39, 0.29) is 18.0 Å². The van der Waals surface area contributed by atoms with E-state index in [1.165, 1.54) is 19.2 Å². The van der Waals surface area contributed by atoms with Gasteiger partial charge in [-0.3, -0.25) is 4.79 Å². The maximum Gasteiger partial charge on any atom is 0.174 e. The van der Waals surface area contributed by atoms with E-state index in [4.69, 9.17) is 18.9 Å². The van der Waals surface area contributed by atoms with Gasteiger partial charge in [-0.05, 0) is 17.7 Å². The summed E-state index contributed by atoms with van der Waals surface area (Å²) in [5.74, 6) is 1.65. The highest BCUT2D eigenvalue weighted by molar-refractivity contribution is 6.02. The molecule has 6 nitrogen and oxygen atoms in total. The summed E-state index contributed by atoms with van der Waals surface area (Å²) in [6, 6.07) is 8.19. The van der Waals surface area contributed by atoms with Crippen LogP contribution in [0.1, 0.15) is 28.4 Å². The normalized spacial score (nSPS) is 16.1. The number of carbonyl (C=O) groups excluding carboxylic acids is 1. The van der Waals surface area contributed by atoms with Gasteiger partial charge in [0.15, 0.2) is 17.3 Å². The van der Waals surface area contributed by atoms with E-state index in [2.05, 4.69) is 0 Å². The Bertz CT molecular complexity index is 783. The summed E-state index contributed by atoms with van der Waals surface area (Å²) in [6.45, 7) is 0. The van der Waals surface area contributed by atoms with Crippen LogP contribution in [0.15, 0.2) is 30.3 Å². The lowest BCUT2D eigenvalue weighted by molar-refractivity contribution is 0.0844. The highest BCUT2D eigenvalue weighted by atomic mass is 16.5. The van der Waals surface area contributed by atoms with Crippen molar-refractivity contribution in [3.63, 3.8) is 0 Å². The smallest absolute Gasteiger partial charge is 0.174 e. The molecular formula is C18H18O6. The molecule has 1 aliphatic heterocycles. The number of Topliss-reactive ketones (excluding diaryl/α,β-unsaturated/α-hetero) is 1. The summed E-state index contributed by atoms with van der Waals surface area (Å²) in [6.07, 6.45) is -0.305. The fourth-order valence-corrected chi connectivity index (χ4v) is 2.81. The molecule has 2 aromatic rings. The van der Waals surface area contributed by atoms with Crippen molar-refractivity contribution in [1.29, 1.82) is 0 Å². The van der Waals surface area contributed by atoms with Gasteiger partial charge in [-0.1, -0.05) is 6.07 Å². The van der Waals surface area contributed by atoms with Crippen LogP contribution in [-0.2, 0) is 0 Å². The molecule has 0 aromatic heterocycles. The first-order valence-corrected chi connectivity index (χ1v) is 7.40. The van der Waals surface area contributed by atoms with Crippen molar-refractivity contribution >= 4 is 5.78 Å². The minimum Gasteiger partial charge on any atom is -0.508 e. The molecule has 0 saturated heterocycles. The summed E-state index contributed by atoms with van der Waals surface area (Å²) in [5.41, 5.74) is 1.14. The number of ether oxygens (including phenoxy) is 4. The van der Waals surface area contributed by atoms with Gasteiger partial charge in [-0.25, -0.2) is 0 Å². The van der Waals surface area contributed by atoms with Crippen molar-refractivity contribution < 1.29 is 28.8 Å². The van der Waals surface area contributed by atoms with Gasteiger partial charge in [0.1, 0.15) is 28.9 Å². The number of carbonyl (C=O) groups is 1. The molecule has 1 N–H and O–H groups in total. The van der Waals surface area contributed by atoms with Crippen molar-refractivity contribution in [3.8, 4) is 28.7 Å². The Morgan fingerprint density at radius 1 is 1.00 bits per heavy atom. The highest BCUT2D eigenvalue weighted by Gasteiger charge is 2.31. The number of ketones is 1. The number of phenols is 1. The van der Waals surface area contributed by atoms with Gasteiger partial charge < -0.3 is 24.1 Å². The van der Waals surface area contributed by atoms with Gasteiger partial charge in [0.2, 0.25) is 0 Å². The van der Waals surface area contributed by atoms with Crippen LogP contribution >= 0.6 is 0 Å². The van der Waals surface area contributed by atoms with Crippen LogP contribution in [0.25, 0.3) is 0 Å². The standard InChI is InChI=1S/C18H18O6/c1-21-13-5-4-10(6-15(13)22-2)14-9-12(20)18-16(23-3)7-11(19)8-17(18)24-14/h4-8,14,19H,9H2,1-3H3. The molecule has 1 heterocycles. The predicted octanol–water partition coefficient (Wildman–Crippen LogP) is 3.12. The third-order valence-corrected chi connectivity index (χ3v) is 3.97. The molecule has 0 amide bonds. The Labute approximate surface area is 139 Å². The Hall–Kier alpha value is -2.89. The van der Waals surface area contributed by atoms with Crippen molar-refractivity contribution in [3.05, 3.63) is 41.5 Å². The first-order valence-electron chi connectivity index (χ1n) is 7.40. The molecule has 126 valence electrons. The maximum absolute atomic E-state index is 12.5. The molecular weight excluding hydrogens is 312 g/mol. The molecule has 1 aliphatic rings. The lowest BCUT2D eigenvalue weighted by Gasteiger charge is -2.27. The van der Waals surface area contributed by atoms with Crippen LogP contribution in [-0.4, -0.2) is 32.2 Å². The molecule has 0 saturated carbocycles. The average Bonchev–Trinajstić information content (AvgIpc) is 2.59. The molecule has 0 spiro atoms. The zero-order chi connectivity index (χ0) is 17.3. The molecule has 2 aromatic carbocycles. The van der Waals surface area contributed by atoms with Gasteiger partial charge in [0.05, 0.1) is 27.8 Å². The van der Waals surface area contributed by atoms with Crippen molar-refractivity contribution in [1.82, 2.24) is 0 Å². The second-order valence-electron chi connectivity index (χ2n) is 5.37. The van der Waals surface area contributed by atoms with Crippen LogP contribution in [0.3, 0.4) is 0 Å². The number of aromatic hydroxyl groups is 1. The number of methoxy groups -OCH3 is 3. The molecule has 0 aliphatic carbocycles. The Kier molecular flexibility index (Phi) is 4.20. The van der Waals surface area contributed by atoms with Crippen LogP contribution in [0.4, 0.5) is 0 Å². The second-order valence-corrected chi connectivity index (χ2v) is 5.37. The van der Waals surface area contributed by atoms with Crippen LogP contribution in [0.5, 0.6) is 28.7 Å². The predicted molar refractivity (Wildman–Crippen MR) is 86.5 cm³/mol. The second kappa shape index (κ2) is 6.31. The third-order valence-electron chi connectivity index (χ3n) is 3.97. The van der Waals surface area contributed by atoms with E-state index < -0.39 is 6.10 Å². The number of benzene rings is 2. The summed E-state index contributed by atoms with van der Waals surface area (Å²) in [4.78, 5) is 12.5. The molecule has 24 heavy (non-hydrogen) atoms. The Balaban J connectivity index is 1.99. The van der Waals surface area contributed by atoms with Gasteiger partial charge in [-0.2, -0.15) is 0 Å². The third kappa shape index (κ3) is 2.71. The molecule has 0 fully saturated rings. The van der Waals surface area contributed by atoms with Crippen molar-refractivity contribution in [2.45, 2.75) is 12.5 Å².